The molecule has 0 aliphatic carbocycles. The summed E-state index contributed by atoms with van der Waals surface area (Å²) in [5.41, 5.74) is 0.924. The summed E-state index contributed by atoms with van der Waals surface area (Å²) in [5, 5.41) is 14.0. The predicted octanol–water partition coefficient (Wildman–Crippen LogP) is 4.61. The fourth-order valence-corrected chi connectivity index (χ4v) is 2.53. The number of ether oxygens (including phenoxy) is 1. The van der Waals surface area contributed by atoms with Crippen LogP contribution in [-0.2, 0) is 0 Å². The van der Waals surface area contributed by atoms with Crippen LogP contribution in [0.5, 0.6) is 5.75 Å². The minimum absolute atomic E-state index is 0.141. The molecule has 6 heteroatoms. The molecule has 0 bridgehead atoms. The number of aliphatic hydroxyl groups excluding tert-OH is 1. The molecular weight excluding hydrogens is 377 g/mol. The monoisotopic (exact) mass is 389 g/mol. The largest absolute Gasteiger partial charge is 0.489 e. The minimum atomic E-state index is -0.657. The Hall–Kier alpha value is -0.940. The van der Waals surface area contributed by atoms with E-state index in [9.17, 15) is 5.11 Å². The molecule has 1 unspecified atom stereocenters. The van der Waals surface area contributed by atoms with Gasteiger partial charge in [-0.15, -0.1) is 0 Å². The van der Waals surface area contributed by atoms with Gasteiger partial charge in [-0.1, -0.05) is 45.2 Å². The van der Waals surface area contributed by atoms with Gasteiger partial charge in [-0.2, -0.15) is 0 Å². The lowest BCUT2D eigenvalue weighted by atomic mass is 10.3. The topological polar surface area (TPSA) is 41.5 Å². The number of anilines is 1. The molecule has 0 aliphatic rings. The van der Waals surface area contributed by atoms with Gasteiger partial charge in [-0.05, 0) is 36.4 Å². The second kappa shape index (κ2) is 7.90. The highest BCUT2D eigenvalue weighted by molar-refractivity contribution is 9.10. The summed E-state index contributed by atoms with van der Waals surface area (Å²) in [4.78, 5) is 0. The number of hydrogen-bond acceptors (Lipinski definition) is 3. The Labute approximate surface area is 142 Å². The zero-order chi connectivity index (χ0) is 15.2. The van der Waals surface area contributed by atoms with Gasteiger partial charge in [0.2, 0.25) is 0 Å². The Bertz CT molecular complexity index is 610. The second-order valence-electron chi connectivity index (χ2n) is 4.43. The number of rotatable bonds is 6. The number of hydrogen-bond donors (Lipinski definition) is 2. The van der Waals surface area contributed by atoms with E-state index in [0.29, 0.717) is 22.3 Å². The van der Waals surface area contributed by atoms with E-state index in [-0.39, 0.29) is 6.61 Å². The Balaban J connectivity index is 1.80. The molecule has 0 spiro atoms. The van der Waals surface area contributed by atoms with Crippen LogP contribution in [-0.4, -0.2) is 24.4 Å². The van der Waals surface area contributed by atoms with Gasteiger partial charge >= 0.3 is 0 Å². The number of halogens is 3. The summed E-state index contributed by atoms with van der Waals surface area (Å²) in [6.07, 6.45) is -0.657. The van der Waals surface area contributed by atoms with E-state index in [1.165, 1.54) is 0 Å². The molecule has 112 valence electrons. The summed E-state index contributed by atoms with van der Waals surface area (Å²) in [6, 6.07) is 12.7. The fraction of sp³-hybridized carbons (Fsp3) is 0.200. The first-order chi connectivity index (χ1) is 10.0. The van der Waals surface area contributed by atoms with E-state index in [1.807, 2.05) is 24.3 Å². The van der Waals surface area contributed by atoms with Crippen molar-refractivity contribution < 1.29 is 9.84 Å². The third kappa shape index (κ3) is 5.40. The molecule has 1 atom stereocenters. The average Bonchev–Trinajstić information content (AvgIpc) is 2.44. The quantitative estimate of drug-likeness (QED) is 0.756. The molecule has 2 aromatic rings. The Morgan fingerprint density at radius 3 is 2.71 bits per heavy atom. The molecule has 0 saturated carbocycles. The van der Waals surface area contributed by atoms with Crippen LogP contribution in [0.3, 0.4) is 0 Å². The molecule has 0 aliphatic heterocycles. The van der Waals surface area contributed by atoms with E-state index in [2.05, 4.69) is 21.2 Å². The first-order valence-electron chi connectivity index (χ1n) is 6.30. The van der Waals surface area contributed by atoms with Crippen molar-refractivity contribution in [2.45, 2.75) is 6.10 Å². The highest BCUT2D eigenvalue weighted by Gasteiger charge is 2.08. The molecule has 21 heavy (non-hydrogen) atoms. The molecule has 3 nitrogen and oxygen atoms in total. The van der Waals surface area contributed by atoms with Crippen molar-refractivity contribution in [1.82, 2.24) is 0 Å². The molecule has 0 radical (unpaired) electrons. The first kappa shape index (κ1) is 16.4. The zero-order valence-corrected chi connectivity index (χ0v) is 14.1. The summed E-state index contributed by atoms with van der Waals surface area (Å²) in [5.74, 6) is 0.502. The molecule has 0 fully saturated rings. The third-order valence-corrected chi connectivity index (χ3v) is 3.72. The van der Waals surface area contributed by atoms with Crippen molar-refractivity contribution in [2.24, 2.45) is 0 Å². The van der Waals surface area contributed by atoms with Gasteiger partial charge in [-0.25, -0.2) is 0 Å². The van der Waals surface area contributed by atoms with E-state index in [0.717, 1.165) is 10.2 Å². The van der Waals surface area contributed by atoms with Crippen molar-refractivity contribution in [1.29, 1.82) is 0 Å². The van der Waals surface area contributed by atoms with Gasteiger partial charge in [0, 0.05) is 21.7 Å². The van der Waals surface area contributed by atoms with Gasteiger partial charge in [0.1, 0.15) is 18.5 Å². The Morgan fingerprint density at radius 2 is 2.00 bits per heavy atom. The zero-order valence-electron chi connectivity index (χ0n) is 11.0. The van der Waals surface area contributed by atoms with Crippen LogP contribution in [0.15, 0.2) is 46.9 Å². The van der Waals surface area contributed by atoms with Crippen LogP contribution in [0.25, 0.3) is 0 Å². The summed E-state index contributed by atoms with van der Waals surface area (Å²) in [6.45, 7) is 0.518. The van der Waals surface area contributed by atoms with E-state index >= 15 is 0 Å². The molecular formula is C15H14BrCl2NO2. The summed E-state index contributed by atoms with van der Waals surface area (Å²) < 4.78 is 6.45. The maximum absolute atomic E-state index is 9.92. The molecule has 0 aromatic heterocycles. The van der Waals surface area contributed by atoms with E-state index in [1.54, 1.807) is 18.2 Å². The van der Waals surface area contributed by atoms with Gasteiger partial charge in [0.15, 0.2) is 0 Å². The highest BCUT2D eigenvalue weighted by Crippen LogP contribution is 2.27. The van der Waals surface area contributed by atoms with Gasteiger partial charge in [-0.3, -0.25) is 0 Å². The minimum Gasteiger partial charge on any atom is -0.489 e. The lowest BCUT2D eigenvalue weighted by Crippen LogP contribution is -2.26. The Morgan fingerprint density at radius 1 is 1.19 bits per heavy atom. The number of benzene rings is 2. The number of aliphatic hydroxyl groups is 1. The van der Waals surface area contributed by atoms with Crippen LogP contribution >= 0.6 is 39.1 Å². The Kier molecular flexibility index (Phi) is 6.18. The van der Waals surface area contributed by atoms with Crippen molar-refractivity contribution in [3.8, 4) is 5.75 Å². The smallest absolute Gasteiger partial charge is 0.138 e. The average molecular weight is 391 g/mol. The van der Waals surface area contributed by atoms with Crippen molar-refractivity contribution in [3.05, 3.63) is 57.0 Å². The maximum atomic E-state index is 9.92. The van der Waals surface area contributed by atoms with Gasteiger partial charge in [0.05, 0.1) is 5.02 Å². The second-order valence-corrected chi connectivity index (χ2v) is 6.19. The normalized spacial score (nSPS) is 12.0. The van der Waals surface area contributed by atoms with Crippen molar-refractivity contribution in [2.75, 3.05) is 18.5 Å². The van der Waals surface area contributed by atoms with Crippen molar-refractivity contribution in [3.63, 3.8) is 0 Å². The first-order valence-corrected chi connectivity index (χ1v) is 7.85. The summed E-state index contributed by atoms with van der Waals surface area (Å²) >= 11 is 15.2. The van der Waals surface area contributed by atoms with Crippen LogP contribution < -0.4 is 10.1 Å². The van der Waals surface area contributed by atoms with Crippen LogP contribution in [0, 0.1) is 0 Å². The molecule has 0 amide bonds. The SMILES string of the molecule is OC(CNc1cccc(Br)c1)COc1ccc(Cl)cc1Cl. The molecule has 2 rings (SSSR count). The molecule has 2 aromatic carbocycles. The lowest BCUT2D eigenvalue weighted by molar-refractivity contribution is 0.117. The lowest BCUT2D eigenvalue weighted by Gasteiger charge is -2.15. The van der Waals surface area contributed by atoms with Crippen LogP contribution in [0.1, 0.15) is 0 Å². The summed E-state index contributed by atoms with van der Waals surface area (Å²) in [7, 11) is 0. The highest BCUT2D eigenvalue weighted by atomic mass is 79.9. The predicted molar refractivity (Wildman–Crippen MR) is 90.6 cm³/mol. The fourth-order valence-electron chi connectivity index (χ4n) is 1.67. The van der Waals surface area contributed by atoms with E-state index in [4.69, 9.17) is 27.9 Å². The molecule has 0 saturated heterocycles. The van der Waals surface area contributed by atoms with Gasteiger partial charge < -0.3 is 15.2 Å². The number of nitrogens with one attached hydrogen (secondary N) is 1. The van der Waals surface area contributed by atoms with Crippen LogP contribution in [0.2, 0.25) is 10.0 Å². The molecule has 2 N–H and O–H groups in total. The van der Waals surface area contributed by atoms with E-state index < -0.39 is 6.10 Å². The third-order valence-electron chi connectivity index (χ3n) is 2.69. The standard InChI is InChI=1S/C15H14BrCl2NO2/c16-10-2-1-3-12(6-10)19-8-13(20)9-21-15-5-4-11(17)7-14(15)18/h1-7,13,19-20H,8-9H2. The van der Waals surface area contributed by atoms with Crippen LogP contribution in [0.4, 0.5) is 5.69 Å². The maximum Gasteiger partial charge on any atom is 0.138 e. The molecule has 0 heterocycles. The van der Waals surface area contributed by atoms with Crippen molar-refractivity contribution >= 4 is 44.8 Å². The van der Waals surface area contributed by atoms with Gasteiger partial charge in [0.25, 0.3) is 0 Å².